The molecule has 0 saturated heterocycles. The third-order valence-corrected chi connectivity index (χ3v) is 3.07. The van der Waals surface area contributed by atoms with Crippen LogP contribution in [0.4, 0.5) is 10.5 Å². The van der Waals surface area contributed by atoms with Crippen LogP contribution in [0.15, 0.2) is 53.2 Å². The highest BCUT2D eigenvalue weighted by Crippen LogP contribution is 2.15. The van der Waals surface area contributed by atoms with Crippen molar-refractivity contribution in [2.45, 2.75) is 6.54 Å². The molecule has 3 aromatic rings. The molecule has 0 radical (unpaired) electrons. The zero-order chi connectivity index (χ0) is 15.4. The van der Waals surface area contributed by atoms with E-state index in [1.54, 1.807) is 12.1 Å². The summed E-state index contributed by atoms with van der Waals surface area (Å²) in [5.74, 6) is 0.840. The van der Waals surface area contributed by atoms with Crippen LogP contribution in [0.3, 0.4) is 0 Å². The summed E-state index contributed by atoms with van der Waals surface area (Å²) < 4.78 is 7.02. The van der Waals surface area contributed by atoms with Crippen LogP contribution in [-0.2, 0) is 13.6 Å². The molecule has 0 fully saturated rings. The summed E-state index contributed by atoms with van der Waals surface area (Å²) in [5.41, 5.74) is 1.57. The molecule has 7 heteroatoms. The van der Waals surface area contributed by atoms with E-state index in [1.807, 2.05) is 48.1 Å². The summed E-state index contributed by atoms with van der Waals surface area (Å²) in [5, 5.41) is 9.28. The van der Waals surface area contributed by atoms with Gasteiger partial charge in [0.2, 0.25) is 11.7 Å². The lowest BCUT2D eigenvalue weighted by molar-refractivity contribution is 0.249. The number of para-hydroxylation sites is 1. The molecule has 2 aromatic heterocycles. The van der Waals surface area contributed by atoms with Gasteiger partial charge in [-0.2, -0.15) is 4.98 Å². The predicted molar refractivity (Wildman–Crippen MR) is 81.0 cm³/mol. The summed E-state index contributed by atoms with van der Waals surface area (Å²) in [4.78, 5) is 16.0. The predicted octanol–water partition coefficient (Wildman–Crippen LogP) is 2.40. The fourth-order valence-electron chi connectivity index (χ4n) is 1.98. The monoisotopic (exact) mass is 297 g/mol. The van der Waals surface area contributed by atoms with Crippen molar-refractivity contribution < 1.29 is 9.32 Å². The number of aryl methyl sites for hydroxylation is 1. The van der Waals surface area contributed by atoms with Crippen LogP contribution in [-0.4, -0.2) is 20.7 Å². The average Bonchev–Trinajstić information content (AvgIpc) is 3.14. The van der Waals surface area contributed by atoms with E-state index in [0.717, 1.165) is 11.4 Å². The quantitative estimate of drug-likeness (QED) is 0.774. The van der Waals surface area contributed by atoms with Crippen molar-refractivity contribution in [1.29, 1.82) is 0 Å². The minimum atomic E-state index is -0.329. The van der Waals surface area contributed by atoms with Gasteiger partial charge in [0.1, 0.15) is 0 Å². The second-order valence-corrected chi connectivity index (χ2v) is 4.69. The number of aromatic nitrogens is 3. The van der Waals surface area contributed by atoms with Crippen LogP contribution < -0.4 is 10.6 Å². The molecule has 2 N–H and O–H groups in total. The van der Waals surface area contributed by atoms with Gasteiger partial charge in [0.15, 0.2) is 0 Å². The summed E-state index contributed by atoms with van der Waals surface area (Å²) in [7, 11) is 1.90. The Bertz CT molecular complexity index is 763. The molecule has 0 unspecified atom stereocenters. The van der Waals surface area contributed by atoms with E-state index >= 15 is 0 Å². The number of hydrogen-bond acceptors (Lipinski definition) is 4. The molecule has 3 rings (SSSR count). The number of carbonyl (C=O) groups excluding carboxylic acids is 1. The normalized spacial score (nSPS) is 10.4. The Labute approximate surface area is 127 Å². The lowest BCUT2D eigenvalue weighted by atomic mass is 10.3. The standard InChI is InChI=1S/C15H15N5O2/c1-20-9-5-8-12(20)14-18-13(22-19-14)10-16-15(21)17-11-6-3-2-4-7-11/h2-9H,10H2,1H3,(H2,16,17,21). The summed E-state index contributed by atoms with van der Waals surface area (Å²) in [6, 6.07) is 12.7. The zero-order valence-electron chi connectivity index (χ0n) is 12.0. The van der Waals surface area contributed by atoms with Gasteiger partial charge in [-0.15, -0.1) is 0 Å². The molecular weight excluding hydrogens is 282 g/mol. The first-order valence-corrected chi connectivity index (χ1v) is 6.76. The number of hydrogen-bond donors (Lipinski definition) is 2. The minimum absolute atomic E-state index is 0.163. The molecule has 2 heterocycles. The van der Waals surface area contributed by atoms with Gasteiger partial charge in [0.25, 0.3) is 0 Å². The maximum absolute atomic E-state index is 11.8. The van der Waals surface area contributed by atoms with E-state index < -0.39 is 0 Å². The highest BCUT2D eigenvalue weighted by Gasteiger charge is 2.11. The molecule has 0 atom stereocenters. The Morgan fingerprint density at radius 1 is 1.23 bits per heavy atom. The Hall–Kier alpha value is -3.09. The van der Waals surface area contributed by atoms with Gasteiger partial charge < -0.3 is 19.7 Å². The molecule has 0 aliphatic heterocycles. The second kappa shape index (κ2) is 6.13. The van der Waals surface area contributed by atoms with Crippen LogP contribution in [0.2, 0.25) is 0 Å². The smallest absolute Gasteiger partial charge is 0.319 e. The van der Waals surface area contributed by atoms with Crippen molar-refractivity contribution in [3.8, 4) is 11.5 Å². The summed E-state index contributed by atoms with van der Waals surface area (Å²) >= 11 is 0. The second-order valence-electron chi connectivity index (χ2n) is 4.69. The van der Waals surface area contributed by atoms with Crippen molar-refractivity contribution >= 4 is 11.7 Å². The molecule has 22 heavy (non-hydrogen) atoms. The maximum atomic E-state index is 11.8. The lowest BCUT2D eigenvalue weighted by Crippen LogP contribution is -2.28. The van der Waals surface area contributed by atoms with Gasteiger partial charge >= 0.3 is 6.03 Å². The molecule has 0 spiro atoms. The average molecular weight is 297 g/mol. The number of rotatable bonds is 4. The number of anilines is 1. The molecule has 0 saturated carbocycles. The van der Waals surface area contributed by atoms with Crippen molar-refractivity contribution in [1.82, 2.24) is 20.0 Å². The Morgan fingerprint density at radius 2 is 2.05 bits per heavy atom. The van der Waals surface area contributed by atoms with Gasteiger partial charge in [-0.05, 0) is 24.3 Å². The lowest BCUT2D eigenvalue weighted by Gasteiger charge is -2.04. The molecule has 0 aliphatic carbocycles. The summed E-state index contributed by atoms with van der Waals surface area (Å²) in [6.45, 7) is 0.163. The first kappa shape index (κ1) is 13.9. The van der Waals surface area contributed by atoms with Gasteiger partial charge in [-0.3, -0.25) is 0 Å². The first-order valence-electron chi connectivity index (χ1n) is 6.76. The van der Waals surface area contributed by atoms with E-state index in [4.69, 9.17) is 4.52 Å². The summed E-state index contributed by atoms with van der Waals surface area (Å²) in [6.07, 6.45) is 1.90. The van der Waals surface area contributed by atoms with Crippen LogP contribution in [0.5, 0.6) is 0 Å². The third-order valence-electron chi connectivity index (χ3n) is 3.07. The van der Waals surface area contributed by atoms with Gasteiger partial charge in [0.05, 0.1) is 12.2 Å². The fourth-order valence-corrected chi connectivity index (χ4v) is 1.98. The molecule has 112 valence electrons. The topological polar surface area (TPSA) is 85.0 Å². The highest BCUT2D eigenvalue weighted by molar-refractivity contribution is 5.89. The SMILES string of the molecule is Cn1cccc1-c1noc(CNC(=O)Nc2ccccc2)n1. The maximum Gasteiger partial charge on any atom is 0.319 e. The van der Waals surface area contributed by atoms with Crippen molar-refractivity contribution in [2.75, 3.05) is 5.32 Å². The van der Waals surface area contributed by atoms with Crippen LogP contribution >= 0.6 is 0 Å². The molecule has 2 amide bonds. The van der Waals surface area contributed by atoms with Crippen molar-refractivity contribution in [2.24, 2.45) is 7.05 Å². The molecule has 0 bridgehead atoms. The van der Waals surface area contributed by atoms with Crippen molar-refractivity contribution in [3.63, 3.8) is 0 Å². The zero-order valence-corrected chi connectivity index (χ0v) is 12.0. The number of nitrogens with one attached hydrogen (secondary N) is 2. The number of urea groups is 1. The largest absolute Gasteiger partial charge is 0.348 e. The van der Waals surface area contributed by atoms with Gasteiger partial charge in [0, 0.05) is 18.9 Å². The van der Waals surface area contributed by atoms with Crippen LogP contribution in [0.1, 0.15) is 5.89 Å². The Morgan fingerprint density at radius 3 is 2.77 bits per heavy atom. The first-order chi connectivity index (χ1) is 10.7. The van der Waals surface area contributed by atoms with Crippen molar-refractivity contribution in [3.05, 3.63) is 54.6 Å². The van der Waals surface area contributed by atoms with E-state index in [9.17, 15) is 4.79 Å². The van der Waals surface area contributed by atoms with E-state index in [0.29, 0.717) is 11.7 Å². The Kier molecular flexibility index (Phi) is 3.86. The van der Waals surface area contributed by atoms with Crippen LogP contribution in [0.25, 0.3) is 11.5 Å². The third kappa shape index (κ3) is 3.14. The fraction of sp³-hybridized carbons (Fsp3) is 0.133. The number of carbonyl (C=O) groups is 1. The number of nitrogens with zero attached hydrogens (tertiary/aromatic N) is 3. The van der Waals surface area contributed by atoms with Gasteiger partial charge in [-0.1, -0.05) is 23.4 Å². The van der Waals surface area contributed by atoms with Gasteiger partial charge in [-0.25, -0.2) is 4.79 Å². The molecule has 0 aliphatic rings. The number of benzene rings is 1. The molecular formula is C15H15N5O2. The minimum Gasteiger partial charge on any atom is -0.348 e. The van der Waals surface area contributed by atoms with E-state index in [-0.39, 0.29) is 12.6 Å². The van der Waals surface area contributed by atoms with Crippen LogP contribution in [0, 0.1) is 0 Å². The van der Waals surface area contributed by atoms with E-state index in [2.05, 4.69) is 20.8 Å². The van der Waals surface area contributed by atoms with E-state index in [1.165, 1.54) is 0 Å². The molecule has 7 nitrogen and oxygen atoms in total. The highest BCUT2D eigenvalue weighted by atomic mass is 16.5. The molecule has 1 aromatic carbocycles. The number of amides is 2. The Balaban J connectivity index is 1.57.